The fourth-order valence-corrected chi connectivity index (χ4v) is 2.95. The molecule has 0 aliphatic carbocycles. The number of nitrogens with one attached hydrogen (secondary N) is 2. The van der Waals surface area contributed by atoms with Crippen LogP contribution in [0.2, 0.25) is 0 Å². The van der Waals surface area contributed by atoms with E-state index in [0.717, 1.165) is 35.3 Å². The van der Waals surface area contributed by atoms with E-state index in [0.29, 0.717) is 0 Å². The molecule has 1 heterocycles. The zero-order valence-electron chi connectivity index (χ0n) is 16.7. The van der Waals surface area contributed by atoms with Crippen molar-refractivity contribution < 1.29 is 27.7 Å². The molecule has 0 spiro atoms. The average Bonchev–Trinajstić information content (AvgIpc) is 3.05. The number of hydrazine groups is 1. The molecule has 1 aliphatic rings. The average molecular weight is 447 g/mol. The lowest BCUT2D eigenvalue weighted by atomic mass is 10.1. The van der Waals surface area contributed by atoms with Crippen LogP contribution < -0.4 is 15.9 Å². The van der Waals surface area contributed by atoms with Gasteiger partial charge in [-0.05, 0) is 44.2 Å². The maximum Gasteiger partial charge on any atom is 0.416 e. The van der Waals surface area contributed by atoms with Gasteiger partial charge >= 0.3 is 6.18 Å². The highest BCUT2D eigenvalue weighted by Gasteiger charge is 2.33. The van der Waals surface area contributed by atoms with Crippen molar-refractivity contribution in [2.75, 3.05) is 5.01 Å². The van der Waals surface area contributed by atoms with Gasteiger partial charge in [-0.15, -0.1) is 0 Å². The number of carbonyl (C=O) groups excluding carboxylic acids is 2. The molecule has 0 aromatic heterocycles. The molecule has 2 aromatic rings. The van der Waals surface area contributed by atoms with Gasteiger partial charge in [0.1, 0.15) is 0 Å². The standard InChI is InChI=1S/C20H16F3N5O4/c1-11(24-25-18(29)13-4-3-5-16(10-13)28(31)32)17-12(2)26-27(19(17)30)15-8-6-14(7-9-15)20(21,22)23/h3-10,24H,1-2H3,(H,25,29)/b17-11-. The summed E-state index contributed by atoms with van der Waals surface area (Å²) in [5, 5.41) is 15.9. The third kappa shape index (κ3) is 4.58. The Kier molecular flexibility index (Phi) is 5.96. The number of hydrogen-bond acceptors (Lipinski definition) is 6. The highest BCUT2D eigenvalue weighted by Crippen LogP contribution is 2.32. The van der Waals surface area contributed by atoms with E-state index in [-0.39, 0.29) is 33.9 Å². The summed E-state index contributed by atoms with van der Waals surface area (Å²) in [7, 11) is 0. The fraction of sp³-hybridized carbons (Fsp3) is 0.150. The van der Waals surface area contributed by atoms with Gasteiger partial charge in [-0.2, -0.15) is 23.3 Å². The first-order chi connectivity index (χ1) is 15.0. The number of anilines is 1. The maximum atomic E-state index is 12.8. The molecule has 0 bridgehead atoms. The third-order valence-electron chi connectivity index (χ3n) is 4.51. The summed E-state index contributed by atoms with van der Waals surface area (Å²) in [6.07, 6.45) is -4.50. The molecule has 0 fully saturated rings. The van der Waals surface area contributed by atoms with E-state index in [1.54, 1.807) is 0 Å². The highest BCUT2D eigenvalue weighted by atomic mass is 19.4. The molecule has 2 amide bonds. The summed E-state index contributed by atoms with van der Waals surface area (Å²) in [6, 6.07) is 9.03. The molecule has 2 aromatic carbocycles. The zero-order valence-corrected chi connectivity index (χ0v) is 16.7. The summed E-state index contributed by atoms with van der Waals surface area (Å²) in [4.78, 5) is 35.3. The number of non-ortho nitro benzene ring substituents is 1. The molecular weight excluding hydrogens is 431 g/mol. The number of benzene rings is 2. The zero-order chi connectivity index (χ0) is 23.6. The Balaban J connectivity index is 1.74. The predicted molar refractivity (Wildman–Crippen MR) is 108 cm³/mol. The summed E-state index contributed by atoms with van der Waals surface area (Å²) < 4.78 is 38.2. The highest BCUT2D eigenvalue weighted by molar-refractivity contribution is 6.30. The van der Waals surface area contributed by atoms with Crippen LogP contribution in [0, 0.1) is 10.1 Å². The van der Waals surface area contributed by atoms with Crippen molar-refractivity contribution in [1.29, 1.82) is 0 Å². The second-order valence-corrected chi connectivity index (χ2v) is 6.73. The molecule has 166 valence electrons. The number of alkyl halides is 3. The van der Waals surface area contributed by atoms with Gasteiger partial charge in [0.15, 0.2) is 0 Å². The number of allylic oxidation sites excluding steroid dienone is 1. The van der Waals surface area contributed by atoms with Gasteiger partial charge in [0.2, 0.25) is 0 Å². The topological polar surface area (TPSA) is 117 Å². The van der Waals surface area contributed by atoms with Crippen LogP contribution in [0.4, 0.5) is 24.5 Å². The van der Waals surface area contributed by atoms with Crippen molar-refractivity contribution in [3.8, 4) is 0 Å². The van der Waals surface area contributed by atoms with Crippen molar-refractivity contribution in [3.63, 3.8) is 0 Å². The summed E-state index contributed by atoms with van der Waals surface area (Å²) in [5.74, 6) is -1.27. The number of hydrogen-bond donors (Lipinski definition) is 2. The van der Waals surface area contributed by atoms with Gasteiger partial charge in [0.25, 0.3) is 17.5 Å². The molecule has 2 N–H and O–H groups in total. The minimum atomic E-state index is -4.50. The van der Waals surface area contributed by atoms with Crippen molar-refractivity contribution in [1.82, 2.24) is 10.9 Å². The third-order valence-corrected chi connectivity index (χ3v) is 4.51. The first-order valence-electron chi connectivity index (χ1n) is 9.08. The molecule has 0 radical (unpaired) electrons. The van der Waals surface area contributed by atoms with Gasteiger partial charge in [-0.25, -0.2) is 0 Å². The first-order valence-corrected chi connectivity index (χ1v) is 9.08. The van der Waals surface area contributed by atoms with Crippen LogP contribution >= 0.6 is 0 Å². The van der Waals surface area contributed by atoms with Gasteiger partial charge in [-0.3, -0.25) is 25.1 Å². The fourth-order valence-electron chi connectivity index (χ4n) is 2.95. The minimum Gasteiger partial charge on any atom is -0.302 e. The number of nitro groups is 1. The monoisotopic (exact) mass is 447 g/mol. The van der Waals surface area contributed by atoms with E-state index in [9.17, 15) is 32.9 Å². The predicted octanol–water partition coefficient (Wildman–Crippen LogP) is 3.54. The molecular formula is C20H16F3N5O4. The van der Waals surface area contributed by atoms with E-state index in [1.165, 1.54) is 32.0 Å². The van der Waals surface area contributed by atoms with E-state index < -0.39 is 28.5 Å². The van der Waals surface area contributed by atoms with Crippen molar-refractivity contribution in [2.45, 2.75) is 20.0 Å². The second kappa shape index (κ2) is 8.49. The summed E-state index contributed by atoms with van der Waals surface area (Å²) >= 11 is 0. The van der Waals surface area contributed by atoms with Crippen LogP contribution in [0.1, 0.15) is 29.8 Å². The lowest BCUT2D eigenvalue weighted by Gasteiger charge is -2.14. The quantitative estimate of drug-likeness (QED) is 0.413. The molecule has 12 heteroatoms. The van der Waals surface area contributed by atoms with Crippen LogP contribution in [0.3, 0.4) is 0 Å². The molecule has 32 heavy (non-hydrogen) atoms. The van der Waals surface area contributed by atoms with Gasteiger partial charge < -0.3 is 5.43 Å². The number of halogens is 3. The van der Waals surface area contributed by atoms with E-state index >= 15 is 0 Å². The smallest absolute Gasteiger partial charge is 0.302 e. The van der Waals surface area contributed by atoms with Crippen LogP contribution in [0.5, 0.6) is 0 Å². The Morgan fingerprint density at radius 1 is 1.12 bits per heavy atom. The van der Waals surface area contributed by atoms with Crippen LogP contribution in [-0.4, -0.2) is 22.4 Å². The van der Waals surface area contributed by atoms with Gasteiger partial charge in [0.05, 0.1) is 27.5 Å². The second-order valence-electron chi connectivity index (χ2n) is 6.73. The Morgan fingerprint density at radius 3 is 2.38 bits per heavy atom. The van der Waals surface area contributed by atoms with Crippen molar-refractivity contribution in [3.05, 3.63) is 81.0 Å². The molecule has 0 saturated heterocycles. The number of amides is 2. The molecule has 0 atom stereocenters. The van der Waals surface area contributed by atoms with E-state index in [1.807, 2.05) is 0 Å². The van der Waals surface area contributed by atoms with Crippen LogP contribution in [-0.2, 0) is 11.0 Å². The Hall–Kier alpha value is -4.22. The number of nitrogens with zero attached hydrogens (tertiary/aromatic N) is 3. The molecule has 9 nitrogen and oxygen atoms in total. The normalized spacial score (nSPS) is 15.3. The lowest BCUT2D eigenvalue weighted by molar-refractivity contribution is -0.384. The van der Waals surface area contributed by atoms with Crippen molar-refractivity contribution >= 4 is 28.9 Å². The summed E-state index contributed by atoms with van der Waals surface area (Å²) in [6.45, 7) is 3.03. The van der Waals surface area contributed by atoms with E-state index in [4.69, 9.17) is 0 Å². The Morgan fingerprint density at radius 2 is 1.78 bits per heavy atom. The van der Waals surface area contributed by atoms with Crippen LogP contribution in [0.15, 0.2) is 64.9 Å². The maximum absolute atomic E-state index is 12.8. The Labute approximate surface area is 179 Å². The lowest BCUT2D eigenvalue weighted by Crippen LogP contribution is -2.37. The molecule has 0 saturated carbocycles. The number of nitro benzene ring substituents is 1. The minimum absolute atomic E-state index is 0.0269. The summed E-state index contributed by atoms with van der Waals surface area (Å²) in [5.41, 5.74) is 4.59. The van der Waals surface area contributed by atoms with Crippen LogP contribution in [0.25, 0.3) is 0 Å². The number of hydrazone groups is 1. The van der Waals surface area contributed by atoms with Gasteiger partial charge in [-0.1, -0.05) is 6.07 Å². The SMILES string of the molecule is CC1=NN(c2ccc(C(F)(F)F)cc2)C(=O)/C1=C(/C)NNC(=O)c1cccc([N+](=O)[O-])c1. The van der Waals surface area contributed by atoms with E-state index in [2.05, 4.69) is 16.0 Å². The first kappa shape index (κ1) is 22.5. The number of carbonyl (C=O) groups is 2. The van der Waals surface area contributed by atoms with Crippen molar-refractivity contribution in [2.24, 2.45) is 5.10 Å². The number of rotatable bonds is 5. The van der Waals surface area contributed by atoms with Gasteiger partial charge in [0, 0.05) is 23.4 Å². The molecule has 1 aliphatic heterocycles. The largest absolute Gasteiger partial charge is 0.416 e. The Bertz CT molecular complexity index is 1160. The molecule has 0 unspecified atom stereocenters. The molecule has 3 rings (SSSR count).